The van der Waals surface area contributed by atoms with Crippen molar-refractivity contribution in [3.63, 3.8) is 0 Å². The Morgan fingerprint density at radius 3 is 2.65 bits per heavy atom. The van der Waals surface area contributed by atoms with Crippen molar-refractivity contribution in [1.29, 1.82) is 0 Å². The predicted octanol–water partition coefficient (Wildman–Crippen LogP) is 4.86. The minimum atomic E-state index is 0.491. The Morgan fingerprint density at radius 2 is 2.00 bits per heavy atom. The van der Waals surface area contributed by atoms with Gasteiger partial charge >= 0.3 is 0 Å². The minimum Gasteiger partial charge on any atom is -0.367 e. The molecule has 2 unspecified atom stereocenters. The average Bonchev–Trinajstić information content (AvgIpc) is 2.84. The van der Waals surface area contributed by atoms with E-state index in [-0.39, 0.29) is 0 Å². The van der Waals surface area contributed by atoms with Crippen LogP contribution < -0.4 is 5.32 Å². The molecule has 2 heterocycles. The summed E-state index contributed by atoms with van der Waals surface area (Å²) in [5.41, 5.74) is 2.19. The number of nitrogens with one attached hydrogen (secondary N) is 1. The monoisotopic (exact) mass is 333 g/mol. The van der Waals surface area contributed by atoms with Crippen LogP contribution in [0.1, 0.15) is 39.2 Å². The Kier molecular flexibility index (Phi) is 3.83. The minimum absolute atomic E-state index is 0.491. The van der Waals surface area contributed by atoms with Crippen LogP contribution in [0.5, 0.6) is 0 Å². The van der Waals surface area contributed by atoms with Gasteiger partial charge in [-0.05, 0) is 35.2 Å². The molecule has 0 saturated heterocycles. The van der Waals surface area contributed by atoms with Crippen LogP contribution in [0.3, 0.4) is 0 Å². The maximum Gasteiger partial charge on any atom is 0.139 e. The van der Waals surface area contributed by atoms with Gasteiger partial charge in [-0.15, -0.1) is 0 Å². The van der Waals surface area contributed by atoms with E-state index in [1.54, 1.807) is 0 Å². The summed E-state index contributed by atoms with van der Waals surface area (Å²) in [5.74, 6) is 1.13. The fraction of sp³-hybridized carbons (Fsp3) is 0.438. The first-order chi connectivity index (χ1) is 9.74. The number of benzene rings is 1. The van der Waals surface area contributed by atoms with Crippen LogP contribution in [-0.2, 0) is 0 Å². The lowest BCUT2D eigenvalue weighted by atomic mass is 10.0. The molecule has 4 heteroatoms. The zero-order valence-corrected chi connectivity index (χ0v) is 13.5. The van der Waals surface area contributed by atoms with Crippen molar-refractivity contribution >= 4 is 21.7 Å². The molecule has 2 aromatic rings. The number of rotatable bonds is 3. The molecule has 0 bridgehead atoms. The summed E-state index contributed by atoms with van der Waals surface area (Å²) in [5, 5.41) is 8.47. The fourth-order valence-electron chi connectivity index (χ4n) is 2.88. The summed E-state index contributed by atoms with van der Waals surface area (Å²) >= 11 is 3.74. The Bertz CT molecular complexity index is 591. The SMILES string of the molecule is CCC1CC(CC)n2nc(-c3ccccc3)c(Br)c2N1. The molecule has 1 aliphatic heterocycles. The third-order valence-electron chi connectivity index (χ3n) is 4.11. The molecule has 3 nitrogen and oxygen atoms in total. The van der Waals surface area contributed by atoms with E-state index in [2.05, 4.69) is 64.0 Å². The Hall–Kier alpha value is -1.29. The highest BCUT2D eigenvalue weighted by Crippen LogP contribution is 2.40. The van der Waals surface area contributed by atoms with Gasteiger partial charge in [-0.1, -0.05) is 44.2 Å². The third kappa shape index (κ3) is 2.26. The van der Waals surface area contributed by atoms with E-state index < -0.39 is 0 Å². The quantitative estimate of drug-likeness (QED) is 0.869. The highest BCUT2D eigenvalue weighted by Gasteiger charge is 2.29. The van der Waals surface area contributed by atoms with Crippen LogP contribution in [0.2, 0.25) is 0 Å². The molecule has 1 aliphatic rings. The molecule has 1 aromatic carbocycles. The van der Waals surface area contributed by atoms with Crippen molar-refractivity contribution in [1.82, 2.24) is 9.78 Å². The summed E-state index contributed by atoms with van der Waals surface area (Å²) in [6.45, 7) is 4.48. The van der Waals surface area contributed by atoms with Crippen molar-refractivity contribution in [2.24, 2.45) is 0 Å². The van der Waals surface area contributed by atoms with Crippen LogP contribution in [0.15, 0.2) is 34.8 Å². The second kappa shape index (κ2) is 5.60. The standard InChI is InChI=1S/C16H20BrN3/c1-3-12-10-13(4-2)20-16(18-12)14(17)15(19-20)11-8-6-5-7-9-11/h5-9,12-13,18H,3-4,10H2,1-2H3. The second-order valence-electron chi connectivity index (χ2n) is 5.37. The van der Waals surface area contributed by atoms with Gasteiger partial charge in [0.05, 0.1) is 10.5 Å². The molecule has 1 aromatic heterocycles. The van der Waals surface area contributed by atoms with E-state index in [4.69, 9.17) is 5.10 Å². The number of anilines is 1. The first-order valence-corrected chi connectivity index (χ1v) is 8.13. The summed E-state index contributed by atoms with van der Waals surface area (Å²) in [4.78, 5) is 0. The molecule has 3 rings (SSSR count). The van der Waals surface area contributed by atoms with Crippen molar-refractivity contribution in [3.8, 4) is 11.3 Å². The molecule has 0 radical (unpaired) electrons. The lowest BCUT2D eigenvalue weighted by Gasteiger charge is -2.31. The van der Waals surface area contributed by atoms with E-state index in [0.717, 1.165) is 40.8 Å². The van der Waals surface area contributed by atoms with Gasteiger partial charge in [0, 0.05) is 11.6 Å². The highest BCUT2D eigenvalue weighted by molar-refractivity contribution is 9.10. The van der Waals surface area contributed by atoms with E-state index in [0.29, 0.717) is 12.1 Å². The molecule has 0 aliphatic carbocycles. The van der Waals surface area contributed by atoms with Gasteiger partial charge in [-0.2, -0.15) is 5.10 Å². The summed E-state index contributed by atoms with van der Waals surface area (Å²) < 4.78 is 3.25. The number of nitrogens with zero attached hydrogens (tertiary/aromatic N) is 2. The zero-order valence-electron chi connectivity index (χ0n) is 11.9. The number of fused-ring (bicyclic) bond motifs is 1. The molecule has 0 spiro atoms. The Morgan fingerprint density at radius 1 is 1.25 bits per heavy atom. The van der Waals surface area contributed by atoms with E-state index in [9.17, 15) is 0 Å². The van der Waals surface area contributed by atoms with Crippen LogP contribution >= 0.6 is 15.9 Å². The first kappa shape index (κ1) is 13.7. The Balaban J connectivity index is 2.07. The normalized spacial score (nSPS) is 21.4. The van der Waals surface area contributed by atoms with Gasteiger partial charge < -0.3 is 5.32 Å². The van der Waals surface area contributed by atoms with Crippen LogP contribution in [0, 0.1) is 0 Å². The molecular formula is C16H20BrN3. The summed E-state index contributed by atoms with van der Waals surface area (Å²) in [7, 11) is 0. The molecule has 0 saturated carbocycles. The molecule has 106 valence electrons. The first-order valence-electron chi connectivity index (χ1n) is 7.34. The highest BCUT2D eigenvalue weighted by atomic mass is 79.9. The zero-order chi connectivity index (χ0) is 14.1. The molecule has 20 heavy (non-hydrogen) atoms. The molecule has 2 atom stereocenters. The third-order valence-corrected chi connectivity index (χ3v) is 4.86. The van der Waals surface area contributed by atoms with Crippen molar-refractivity contribution < 1.29 is 0 Å². The number of hydrogen-bond donors (Lipinski definition) is 1. The molecule has 0 fully saturated rings. The van der Waals surface area contributed by atoms with Crippen molar-refractivity contribution in [2.75, 3.05) is 5.32 Å². The van der Waals surface area contributed by atoms with Gasteiger partial charge in [-0.25, -0.2) is 4.68 Å². The molecule has 1 N–H and O–H groups in total. The number of halogens is 1. The van der Waals surface area contributed by atoms with Gasteiger partial charge in [-0.3, -0.25) is 0 Å². The van der Waals surface area contributed by atoms with E-state index >= 15 is 0 Å². The predicted molar refractivity (Wildman–Crippen MR) is 87.0 cm³/mol. The number of hydrogen-bond acceptors (Lipinski definition) is 2. The lowest BCUT2D eigenvalue weighted by Crippen LogP contribution is -2.31. The smallest absolute Gasteiger partial charge is 0.139 e. The lowest BCUT2D eigenvalue weighted by molar-refractivity contribution is 0.363. The largest absolute Gasteiger partial charge is 0.367 e. The van der Waals surface area contributed by atoms with E-state index in [1.807, 2.05) is 6.07 Å². The van der Waals surface area contributed by atoms with Crippen LogP contribution in [-0.4, -0.2) is 15.8 Å². The van der Waals surface area contributed by atoms with Gasteiger partial charge in [0.1, 0.15) is 11.5 Å². The van der Waals surface area contributed by atoms with Crippen molar-refractivity contribution in [2.45, 2.75) is 45.2 Å². The fourth-order valence-corrected chi connectivity index (χ4v) is 3.48. The second-order valence-corrected chi connectivity index (χ2v) is 6.16. The van der Waals surface area contributed by atoms with Crippen molar-refractivity contribution in [3.05, 3.63) is 34.8 Å². The van der Waals surface area contributed by atoms with Crippen LogP contribution in [0.4, 0.5) is 5.82 Å². The topological polar surface area (TPSA) is 29.9 Å². The maximum absolute atomic E-state index is 4.85. The summed E-state index contributed by atoms with van der Waals surface area (Å²) in [6.07, 6.45) is 3.42. The molecule has 0 amide bonds. The van der Waals surface area contributed by atoms with Gasteiger partial charge in [0.15, 0.2) is 0 Å². The number of aromatic nitrogens is 2. The van der Waals surface area contributed by atoms with E-state index in [1.165, 1.54) is 0 Å². The maximum atomic E-state index is 4.85. The van der Waals surface area contributed by atoms with Gasteiger partial charge in [0.25, 0.3) is 0 Å². The Labute approximate surface area is 128 Å². The average molecular weight is 334 g/mol. The summed E-state index contributed by atoms with van der Waals surface area (Å²) in [6, 6.07) is 11.4. The van der Waals surface area contributed by atoms with Crippen LogP contribution in [0.25, 0.3) is 11.3 Å². The molecular weight excluding hydrogens is 314 g/mol. The van der Waals surface area contributed by atoms with Gasteiger partial charge in [0.2, 0.25) is 0 Å².